The van der Waals surface area contributed by atoms with Gasteiger partial charge in [-0.3, -0.25) is 4.90 Å². The van der Waals surface area contributed by atoms with Gasteiger partial charge in [-0.15, -0.1) is 6.42 Å². The summed E-state index contributed by atoms with van der Waals surface area (Å²) >= 11 is 0. The Bertz CT molecular complexity index is 202. The van der Waals surface area contributed by atoms with Crippen LogP contribution in [-0.4, -0.2) is 49.8 Å². The van der Waals surface area contributed by atoms with Gasteiger partial charge in [-0.05, 0) is 13.8 Å². The van der Waals surface area contributed by atoms with Crippen molar-refractivity contribution in [2.24, 2.45) is 0 Å². The van der Waals surface area contributed by atoms with Crippen molar-refractivity contribution < 1.29 is 4.74 Å². The molecule has 1 aliphatic heterocycles. The Hall–Kier alpha value is -0.560. The zero-order valence-electron chi connectivity index (χ0n) is 9.18. The fraction of sp³-hybridized carbons (Fsp3) is 0.818. The predicted octanol–water partition coefficient (Wildman–Crippen LogP) is 0.320. The fourth-order valence-electron chi connectivity index (χ4n) is 1.72. The first-order valence-corrected chi connectivity index (χ1v) is 5.14. The quantitative estimate of drug-likeness (QED) is 0.518. The Balaban J connectivity index is 2.34. The maximum Gasteiger partial charge on any atom is 0.0594 e. The molecule has 14 heavy (non-hydrogen) atoms. The molecule has 0 radical (unpaired) electrons. The van der Waals surface area contributed by atoms with Crippen LogP contribution in [0, 0.1) is 12.3 Å². The fourth-order valence-corrected chi connectivity index (χ4v) is 1.72. The number of nitrogens with zero attached hydrogens (tertiary/aromatic N) is 1. The summed E-state index contributed by atoms with van der Waals surface area (Å²) in [4.78, 5) is 2.44. The van der Waals surface area contributed by atoms with Gasteiger partial charge < -0.3 is 10.1 Å². The SMILES string of the molecule is C#CCNCC(C)(C)N1CCOCC1. The van der Waals surface area contributed by atoms with Crippen molar-refractivity contribution in [1.82, 2.24) is 10.2 Å². The number of ether oxygens (including phenoxy) is 1. The molecule has 1 N–H and O–H groups in total. The maximum atomic E-state index is 5.33. The first-order chi connectivity index (χ1) is 6.67. The molecule has 1 rings (SSSR count). The van der Waals surface area contributed by atoms with Crippen LogP contribution in [-0.2, 0) is 4.74 Å². The Kier molecular flexibility index (Phi) is 4.40. The topological polar surface area (TPSA) is 24.5 Å². The molecule has 3 nitrogen and oxygen atoms in total. The van der Waals surface area contributed by atoms with Gasteiger partial charge >= 0.3 is 0 Å². The standard InChI is InChI=1S/C11H20N2O/c1-4-5-12-10-11(2,3)13-6-8-14-9-7-13/h1,12H,5-10H2,2-3H3. The molecule has 1 fully saturated rings. The van der Waals surface area contributed by atoms with Crippen molar-refractivity contribution in [2.75, 3.05) is 39.4 Å². The van der Waals surface area contributed by atoms with Crippen molar-refractivity contribution in [3.05, 3.63) is 0 Å². The van der Waals surface area contributed by atoms with E-state index in [0.29, 0.717) is 6.54 Å². The molecule has 1 aliphatic rings. The van der Waals surface area contributed by atoms with Gasteiger partial charge in [0.05, 0.1) is 19.8 Å². The molecule has 0 atom stereocenters. The van der Waals surface area contributed by atoms with E-state index in [1.54, 1.807) is 0 Å². The molecule has 0 aliphatic carbocycles. The molecular formula is C11H20N2O. The molecular weight excluding hydrogens is 176 g/mol. The first-order valence-electron chi connectivity index (χ1n) is 5.14. The Morgan fingerprint density at radius 1 is 1.43 bits per heavy atom. The molecule has 80 valence electrons. The molecule has 0 saturated carbocycles. The number of hydrogen-bond acceptors (Lipinski definition) is 3. The highest BCUT2D eigenvalue weighted by atomic mass is 16.5. The maximum absolute atomic E-state index is 5.33. The van der Waals surface area contributed by atoms with Gasteiger partial charge in [-0.1, -0.05) is 5.92 Å². The Morgan fingerprint density at radius 3 is 2.64 bits per heavy atom. The lowest BCUT2D eigenvalue weighted by Gasteiger charge is -2.40. The lowest BCUT2D eigenvalue weighted by atomic mass is 10.0. The largest absolute Gasteiger partial charge is 0.379 e. The van der Waals surface area contributed by atoms with Crippen LogP contribution in [0.3, 0.4) is 0 Å². The van der Waals surface area contributed by atoms with Gasteiger partial charge in [0, 0.05) is 25.2 Å². The van der Waals surface area contributed by atoms with Crippen molar-refractivity contribution in [2.45, 2.75) is 19.4 Å². The molecule has 0 amide bonds. The highest BCUT2D eigenvalue weighted by molar-refractivity contribution is 4.90. The summed E-state index contributed by atoms with van der Waals surface area (Å²) in [6.45, 7) is 9.78. The third-order valence-electron chi connectivity index (χ3n) is 2.65. The summed E-state index contributed by atoms with van der Waals surface area (Å²) in [7, 11) is 0. The number of terminal acetylenes is 1. The lowest BCUT2D eigenvalue weighted by Crippen LogP contribution is -2.54. The third kappa shape index (κ3) is 3.30. The average Bonchev–Trinajstić information content (AvgIpc) is 2.19. The Labute approximate surface area is 86.8 Å². The molecule has 1 heterocycles. The van der Waals surface area contributed by atoms with E-state index in [0.717, 1.165) is 32.8 Å². The van der Waals surface area contributed by atoms with E-state index in [2.05, 4.69) is 30.0 Å². The molecule has 0 spiro atoms. The van der Waals surface area contributed by atoms with Crippen LogP contribution in [0.5, 0.6) is 0 Å². The van der Waals surface area contributed by atoms with Crippen molar-refractivity contribution in [3.8, 4) is 12.3 Å². The smallest absolute Gasteiger partial charge is 0.0594 e. The first kappa shape index (κ1) is 11.5. The van der Waals surface area contributed by atoms with E-state index in [1.807, 2.05) is 0 Å². The highest BCUT2D eigenvalue weighted by Gasteiger charge is 2.27. The molecule has 0 bridgehead atoms. The summed E-state index contributed by atoms with van der Waals surface area (Å²) in [6, 6.07) is 0. The summed E-state index contributed by atoms with van der Waals surface area (Å²) in [6.07, 6.45) is 5.19. The van der Waals surface area contributed by atoms with Gasteiger partial charge in [0.15, 0.2) is 0 Å². The number of rotatable bonds is 4. The van der Waals surface area contributed by atoms with E-state index in [-0.39, 0.29) is 5.54 Å². The zero-order chi connectivity index (χ0) is 10.4. The minimum absolute atomic E-state index is 0.167. The van der Waals surface area contributed by atoms with Crippen LogP contribution in [0.2, 0.25) is 0 Å². The van der Waals surface area contributed by atoms with Gasteiger partial charge in [0.2, 0.25) is 0 Å². The van der Waals surface area contributed by atoms with Crippen LogP contribution >= 0.6 is 0 Å². The summed E-state index contributed by atoms with van der Waals surface area (Å²) in [5.74, 6) is 2.59. The Morgan fingerprint density at radius 2 is 2.07 bits per heavy atom. The van der Waals surface area contributed by atoms with Crippen molar-refractivity contribution >= 4 is 0 Å². The summed E-state index contributed by atoms with van der Waals surface area (Å²) in [5.41, 5.74) is 0.167. The van der Waals surface area contributed by atoms with Crippen LogP contribution < -0.4 is 5.32 Å². The number of hydrogen-bond donors (Lipinski definition) is 1. The minimum Gasteiger partial charge on any atom is -0.379 e. The second-order valence-corrected chi connectivity index (χ2v) is 4.22. The monoisotopic (exact) mass is 196 g/mol. The second-order valence-electron chi connectivity index (χ2n) is 4.22. The number of morpholine rings is 1. The normalized spacial score (nSPS) is 19.2. The van der Waals surface area contributed by atoms with Crippen LogP contribution in [0.25, 0.3) is 0 Å². The van der Waals surface area contributed by atoms with E-state index in [4.69, 9.17) is 11.2 Å². The molecule has 0 aromatic carbocycles. The predicted molar refractivity (Wildman–Crippen MR) is 58.2 cm³/mol. The van der Waals surface area contributed by atoms with Gasteiger partial charge in [0.25, 0.3) is 0 Å². The highest BCUT2D eigenvalue weighted by Crippen LogP contribution is 2.14. The summed E-state index contributed by atoms with van der Waals surface area (Å²) in [5, 5.41) is 3.25. The van der Waals surface area contributed by atoms with Gasteiger partial charge in [-0.25, -0.2) is 0 Å². The number of nitrogens with one attached hydrogen (secondary N) is 1. The van der Waals surface area contributed by atoms with Crippen LogP contribution in [0.15, 0.2) is 0 Å². The molecule has 0 unspecified atom stereocenters. The lowest BCUT2D eigenvalue weighted by molar-refractivity contribution is -0.00926. The average molecular weight is 196 g/mol. The van der Waals surface area contributed by atoms with E-state index >= 15 is 0 Å². The zero-order valence-corrected chi connectivity index (χ0v) is 9.18. The minimum atomic E-state index is 0.167. The van der Waals surface area contributed by atoms with E-state index in [9.17, 15) is 0 Å². The second kappa shape index (κ2) is 5.35. The van der Waals surface area contributed by atoms with Crippen LogP contribution in [0.4, 0.5) is 0 Å². The van der Waals surface area contributed by atoms with Crippen molar-refractivity contribution in [3.63, 3.8) is 0 Å². The van der Waals surface area contributed by atoms with Crippen LogP contribution in [0.1, 0.15) is 13.8 Å². The molecule has 1 saturated heterocycles. The molecule has 0 aromatic rings. The third-order valence-corrected chi connectivity index (χ3v) is 2.65. The molecule has 3 heteroatoms. The van der Waals surface area contributed by atoms with Gasteiger partial charge in [0.1, 0.15) is 0 Å². The van der Waals surface area contributed by atoms with E-state index < -0.39 is 0 Å². The van der Waals surface area contributed by atoms with E-state index in [1.165, 1.54) is 0 Å². The van der Waals surface area contributed by atoms with Gasteiger partial charge in [-0.2, -0.15) is 0 Å². The molecule has 0 aromatic heterocycles. The summed E-state index contributed by atoms with van der Waals surface area (Å²) < 4.78 is 5.33. The van der Waals surface area contributed by atoms with Crippen molar-refractivity contribution in [1.29, 1.82) is 0 Å².